The SMILES string of the molecule is CC(Sc1nnc(C2CC2)n1-c1ccccc1)C(=O)Nc1ccc2c(c1)OCO2. The number of amides is 1. The van der Waals surface area contributed by atoms with Gasteiger partial charge in [-0.3, -0.25) is 9.36 Å². The fourth-order valence-corrected chi connectivity index (χ4v) is 4.09. The van der Waals surface area contributed by atoms with Gasteiger partial charge in [0.15, 0.2) is 16.7 Å². The predicted octanol–water partition coefficient (Wildman–Crippen LogP) is 3.99. The number of nitrogens with one attached hydrogen (secondary N) is 1. The number of hydrogen-bond acceptors (Lipinski definition) is 6. The number of anilines is 1. The number of fused-ring (bicyclic) bond motifs is 1. The molecule has 5 rings (SSSR count). The summed E-state index contributed by atoms with van der Waals surface area (Å²) >= 11 is 1.41. The topological polar surface area (TPSA) is 78.3 Å². The van der Waals surface area contributed by atoms with Gasteiger partial charge in [-0.2, -0.15) is 0 Å². The van der Waals surface area contributed by atoms with Crippen LogP contribution < -0.4 is 14.8 Å². The molecule has 1 N–H and O–H groups in total. The minimum absolute atomic E-state index is 0.107. The first-order valence-electron chi connectivity index (χ1n) is 9.57. The van der Waals surface area contributed by atoms with Crippen molar-refractivity contribution in [1.82, 2.24) is 14.8 Å². The van der Waals surface area contributed by atoms with Gasteiger partial charge in [0.2, 0.25) is 12.7 Å². The standard InChI is InChI=1S/C21H20N4O3S/c1-13(20(26)22-15-9-10-17-18(11-15)28-12-27-17)29-21-24-23-19(14-7-8-14)25(21)16-5-3-2-4-6-16/h2-6,9-11,13-14H,7-8,12H2,1H3,(H,22,26). The predicted molar refractivity (Wildman–Crippen MR) is 110 cm³/mol. The summed E-state index contributed by atoms with van der Waals surface area (Å²) in [6, 6.07) is 15.4. The molecule has 148 valence electrons. The maximum Gasteiger partial charge on any atom is 0.237 e. The highest BCUT2D eigenvalue weighted by molar-refractivity contribution is 8.00. The van der Waals surface area contributed by atoms with E-state index in [1.165, 1.54) is 11.8 Å². The van der Waals surface area contributed by atoms with E-state index in [1.54, 1.807) is 18.2 Å². The summed E-state index contributed by atoms with van der Waals surface area (Å²) in [6.07, 6.45) is 2.27. The van der Waals surface area contributed by atoms with Crippen molar-refractivity contribution in [3.8, 4) is 17.2 Å². The molecule has 2 heterocycles. The van der Waals surface area contributed by atoms with Gasteiger partial charge < -0.3 is 14.8 Å². The number of aromatic nitrogens is 3. The van der Waals surface area contributed by atoms with Gasteiger partial charge in [0.25, 0.3) is 0 Å². The molecule has 0 bridgehead atoms. The van der Waals surface area contributed by atoms with Gasteiger partial charge in [0, 0.05) is 23.4 Å². The molecule has 8 heteroatoms. The lowest BCUT2D eigenvalue weighted by atomic mass is 10.2. The van der Waals surface area contributed by atoms with E-state index in [9.17, 15) is 4.79 Å². The molecule has 3 aromatic rings. The molecule has 1 aliphatic carbocycles. The smallest absolute Gasteiger partial charge is 0.237 e. The van der Waals surface area contributed by atoms with Crippen LogP contribution in [-0.4, -0.2) is 32.7 Å². The van der Waals surface area contributed by atoms with Gasteiger partial charge in [-0.15, -0.1) is 10.2 Å². The molecule has 1 fully saturated rings. The summed E-state index contributed by atoms with van der Waals surface area (Å²) in [6.45, 7) is 2.07. The summed E-state index contributed by atoms with van der Waals surface area (Å²) in [5, 5.41) is 12.1. The molecule has 1 aromatic heterocycles. The Morgan fingerprint density at radius 1 is 1.14 bits per heavy atom. The molecule has 0 saturated heterocycles. The molecule has 0 spiro atoms. The highest BCUT2D eigenvalue weighted by atomic mass is 32.2. The van der Waals surface area contributed by atoms with E-state index in [-0.39, 0.29) is 18.0 Å². The Kier molecular flexibility index (Phi) is 4.63. The van der Waals surface area contributed by atoms with Crippen LogP contribution in [0.4, 0.5) is 5.69 Å². The van der Waals surface area contributed by atoms with Crippen molar-refractivity contribution in [3.05, 3.63) is 54.4 Å². The number of benzene rings is 2. The zero-order valence-electron chi connectivity index (χ0n) is 15.9. The molecule has 2 aromatic carbocycles. The van der Waals surface area contributed by atoms with Crippen LogP contribution in [0.2, 0.25) is 0 Å². The average Bonchev–Trinajstić information content (AvgIpc) is 3.33. The van der Waals surface area contributed by atoms with E-state index in [0.29, 0.717) is 23.1 Å². The lowest BCUT2D eigenvalue weighted by Crippen LogP contribution is -2.22. The molecule has 1 aliphatic heterocycles. The monoisotopic (exact) mass is 408 g/mol. The highest BCUT2D eigenvalue weighted by Crippen LogP contribution is 2.41. The quantitative estimate of drug-likeness (QED) is 0.622. The van der Waals surface area contributed by atoms with Gasteiger partial charge in [0.1, 0.15) is 5.82 Å². The van der Waals surface area contributed by atoms with Crippen LogP contribution in [-0.2, 0) is 4.79 Å². The zero-order chi connectivity index (χ0) is 19.8. The summed E-state index contributed by atoms with van der Waals surface area (Å²) in [7, 11) is 0. The first-order valence-corrected chi connectivity index (χ1v) is 10.4. The molecule has 0 radical (unpaired) electrons. The number of thioether (sulfide) groups is 1. The molecule has 1 unspecified atom stereocenters. The van der Waals surface area contributed by atoms with Gasteiger partial charge in [-0.05, 0) is 44.0 Å². The third-order valence-corrected chi connectivity index (χ3v) is 5.95. The second kappa shape index (κ2) is 7.44. The van der Waals surface area contributed by atoms with Crippen LogP contribution in [0, 0.1) is 0 Å². The Morgan fingerprint density at radius 3 is 2.72 bits per heavy atom. The molecule has 1 saturated carbocycles. The van der Waals surface area contributed by atoms with Crippen LogP contribution in [0.3, 0.4) is 0 Å². The number of hydrogen-bond donors (Lipinski definition) is 1. The van der Waals surface area contributed by atoms with Gasteiger partial charge in [-0.25, -0.2) is 0 Å². The van der Waals surface area contributed by atoms with Gasteiger partial charge >= 0.3 is 0 Å². The van der Waals surface area contributed by atoms with Gasteiger partial charge in [0.05, 0.1) is 5.25 Å². The average molecular weight is 408 g/mol. The largest absolute Gasteiger partial charge is 0.454 e. The lowest BCUT2D eigenvalue weighted by molar-refractivity contribution is -0.115. The van der Waals surface area contributed by atoms with Crippen molar-refractivity contribution in [2.75, 3.05) is 12.1 Å². The van der Waals surface area contributed by atoms with Crippen LogP contribution in [0.25, 0.3) is 5.69 Å². The Labute approximate surface area is 172 Å². The minimum Gasteiger partial charge on any atom is -0.454 e. The Bertz CT molecular complexity index is 1050. The number of ether oxygens (including phenoxy) is 2. The van der Waals surface area contributed by atoms with E-state index in [0.717, 1.165) is 29.5 Å². The van der Waals surface area contributed by atoms with Crippen molar-refractivity contribution < 1.29 is 14.3 Å². The maximum atomic E-state index is 12.8. The Balaban J connectivity index is 1.34. The number of rotatable bonds is 6. The lowest BCUT2D eigenvalue weighted by Gasteiger charge is -2.14. The first kappa shape index (κ1) is 18.1. The first-order chi connectivity index (χ1) is 14.2. The zero-order valence-corrected chi connectivity index (χ0v) is 16.7. The van der Waals surface area contributed by atoms with Crippen LogP contribution >= 0.6 is 11.8 Å². The second-order valence-electron chi connectivity index (χ2n) is 7.10. The third-order valence-electron chi connectivity index (χ3n) is 4.91. The number of nitrogens with zero attached hydrogens (tertiary/aromatic N) is 3. The normalized spacial score (nSPS) is 15.9. The second-order valence-corrected chi connectivity index (χ2v) is 8.41. The fraction of sp³-hybridized carbons (Fsp3) is 0.286. The number of para-hydroxylation sites is 1. The van der Waals surface area contributed by atoms with Crippen molar-refractivity contribution >= 4 is 23.4 Å². The van der Waals surface area contributed by atoms with E-state index >= 15 is 0 Å². The molecule has 2 aliphatic rings. The van der Waals surface area contributed by atoms with Crippen molar-refractivity contribution in [2.24, 2.45) is 0 Å². The van der Waals surface area contributed by atoms with Crippen LogP contribution in [0.5, 0.6) is 11.5 Å². The van der Waals surface area contributed by atoms with Crippen molar-refractivity contribution in [1.29, 1.82) is 0 Å². The van der Waals surface area contributed by atoms with E-state index in [1.807, 2.05) is 37.3 Å². The Hall–Kier alpha value is -3.00. The third kappa shape index (κ3) is 3.67. The molecule has 29 heavy (non-hydrogen) atoms. The highest BCUT2D eigenvalue weighted by Gasteiger charge is 2.32. The van der Waals surface area contributed by atoms with E-state index < -0.39 is 0 Å². The van der Waals surface area contributed by atoms with E-state index in [4.69, 9.17) is 9.47 Å². The number of carbonyl (C=O) groups excluding carboxylic acids is 1. The summed E-state index contributed by atoms with van der Waals surface area (Å²) < 4.78 is 12.8. The summed E-state index contributed by atoms with van der Waals surface area (Å²) in [4.78, 5) is 12.8. The molecular formula is C21H20N4O3S. The minimum atomic E-state index is -0.348. The molecule has 7 nitrogen and oxygen atoms in total. The number of carbonyl (C=O) groups is 1. The van der Waals surface area contributed by atoms with Crippen molar-refractivity contribution in [3.63, 3.8) is 0 Å². The van der Waals surface area contributed by atoms with Crippen LogP contribution in [0.1, 0.15) is 31.5 Å². The van der Waals surface area contributed by atoms with E-state index in [2.05, 4.69) is 20.1 Å². The summed E-state index contributed by atoms with van der Waals surface area (Å²) in [5.74, 6) is 2.65. The fourth-order valence-electron chi connectivity index (χ4n) is 3.21. The maximum absolute atomic E-state index is 12.8. The van der Waals surface area contributed by atoms with Crippen LogP contribution in [0.15, 0.2) is 53.7 Å². The van der Waals surface area contributed by atoms with Crippen molar-refractivity contribution in [2.45, 2.75) is 36.1 Å². The molecular weight excluding hydrogens is 388 g/mol. The van der Waals surface area contributed by atoms with Gasteiger partial charge in [-0.1, -0.05) is 30.0 Å². The molecule has 1 amide bonds. The molecule has 1 atom stereocenters. The Morgan fingerprint density at radius 2 is 1.93 bits per heavy atom. The summed E-state index contributed by atoms with van der Waals surface area (Å²) in [5.41, 5.74) is 1.69.